The minimum absolute atomic E-state index is 0.0964. The van der Waals surface area contributed by atoms with Crippen molar-refractivity contribution in [1.82, 2.24) is 5.43 Å². The number of aryl methyl sites for hydroxylation is 1. The summed E-state index contributed by atoms with van der Waals surface area (Å²) in [6.07, 6.45) is 0. The fourth-order valence-electron chi connectivity index (χ4n) is 2.28. The Morgan fingerprint density at radius 2 is 1.81 bits per heavy atom. The molecule has 1 amide bonds. The molecule has 0 aliphatic rings. The molecule has 0 saturated carbocycles. The molecule has 140 valence electrons. The summed E-state index contributed by atoms with van der Waals surface area (Å²) in [5, 5.41) is 0.439. The number of nitrogens with zero attached hydrogens (tertiary/aromatic N) is 1. The lowest BCUT2D eigenvalue weighted by Crippen LogP contribution is -2.43. The fraction of sp³-hybridized carbons (Fsp3) is 0.188. The van der Waals surface area contributed by atoms with E-state index in [1.54, 1.807) is 13.0 Å². The minimum Gasteiger partial charge on any atom is -0.495 e. The third-order valence-electron chi connectivity index (χ3n) is 3.47. The fourth-order valence-corrected chi connectivity index (χ4v) is 4.44. The van der Waals surface area contributed by atoms with Crippen molar-refractivity contribution in [2.45, 2.75) is 11.8 Å². The van der Waals surface area contributed by atoms with Gasteiger partial charge < -0.3 is 4.74 Å². The van der Waals surface area contributed by atoms with Crippen LogP contribution in [-0.4, -0.2) is 28.0 Å². The average molecular weight is 418 g/mol. The Morgan fingerprint density at radius 1 is 1.19 bits per heavy atom. The maximum absolute atomic E-state index is 13.3. The Kier molecular flexibility index (Phi) is 6.35. The number of hydrogen-bond donors (Lipinski definition) is 2. The van der Waals surface area contributed by atoms with E-state index in [2.05, 4.69) is 0 Å². The molecule has 2 aromatic rings. The first-order chi connectivity index (χ1) is 12.2. The predicted octanol–water partition coefficient (Wildman–Crippen LogP) is 2.50. The van der Waals surface area contributed by atoms with Crippen LogP contribution in [0.15, 0.2) is 41.3 Å². The van der Waals surface area contributed by atoms with Crippen molar-refractivity contribution >= 4 is 44.8 Å². The van der Waals surface area contributed by atoms with Gasteiger partial charge in [0.1, 0.15) is 17.2 Å². The molecule has 3 N–H and O–H groups in total. The number of methoxy groups -OCH3 is 1. The number of ether oxygens (including phenoxy) is 1. The first-order valence-electron chi connectivity index (χ1n) is 7.32. The average Bonchev–Trinajstić information content (AvgIpc) is 2.58. The van der Waals surface area contributed by atoms with Crippen LogP contribution in [0.1, 0.15) is 5.56 Å². The van der Waals surface area contributed by atoms with E-state index >= 15 is 0 Å². The topological polar surface area (TPSA) is 102 Å². The summed E-state index contributed by atoms with van der Waals surface area (Å²) in [7, 11) is -2.83. The van der Waals surface area contributed by atoms with Crippen LogP contribution >= 0.6 is 23.2 Å². The summed E-state index contributed by atoms with van der Waals surface area (Å²) in [5.41, 5.74) is 2.74. The number of nitrogens with one attached hydrogen (secondary N) is 1. The molecular weight excluding hydrogens is 401 g/mol. The first-order valence-corrected chi connectivity index (χ1v) is 9.51. The lowest BCUT2D eigenvalue weighted by molar-refractivity contribution is -0.119. The van der Waals surface area contributed by atoms with Gasteiger partial charge in [-0.1, -0.05) is 29.3 Å². The highest BCUT2D eigenvalue weighted by molar-refractivity contribution is 7.93. The maximum Gasteiger partial charge on any atom is 0.268 e. The van der Waals surface area contributed by atoms with Crippen molar-refractivity contribution < 1.29 is 17.9 Å². The van der Waals surface area contributed by atoms with Crippen LogP contribution in [-0.2, 0) is 14.8 Å². The zero-order chi connectivity index (χ0) is 19.5. The number of amides is 1. The van der Waals surface area contributed by atoms with Crippen LogP contribution in [0.2, 0.25) is 10.0 Å². The van der Waals surface area contributed by atoms with Crippen molar-refractivity contribution in [2.75, 3.05) is 18.0 Å². The number of hydrogen-bond acceptors (Lipinski definition) is 5. The van der Waals surface area contributed by atoms with Gasteiger partial charge >= 0.3 is 0 Å². The molecule has 0 radical (unpaired) electrons. The second kappa shape index (κ2) is 8.13. The van der Waals surface area contributed by atoms with E-state index in [-0.39, 0.29) is 26.4 Å². The second-order valence-corrected chi connectivity index (χ2v) is 8.06. The number of benzene rings is 2. The largest absolute Gasteiger partial charge is 0.495 e. The van der Waals surface area contributed by atoms with Crippen molar-refractivity contribution in [2.24, 2.45) is 5.84 Å². The number of carbonyl (C=O) groups excluding carboxylic acids is 1. The standard InChI is InChI=1S/C16H17Cl2N3O4S/c1-10-3-4-14(25-2)15(5-10)26(23,24)21(9-16(22)20-19)13-7-11(17)6-12(18)8-13/h3-8H,9,19H2,1-2H3,(H,20,22). The van der Waals surface area contributed by atoms with Crippen LogP contribution in [0.4, 0.5) is 5.69 Å². The molecule has 0 unspecified atom stereocenters. The van der Waals surface area contributed by atoms with Crippen LogP contribution in [0.5, 0.6) is 5.75 Å². The number of halogens is 2. The molecular formula is C16H17Cl2N3O4S. The molecule has 2 rings (SSSR count). The second-order valence-electron chi connectivity index (χ2n) is 5.36. The zero-order valence-corrected chi connectivity index (χ0v) is 16.3. The number of carbonyl (C=O) groups is 1. The number of sulfonamides is 1. The lowest BCUT2D eigenvalue weighted by Gasteiger charge is -2.25. The van der Waals surface area contributed by atoms with Gasteiger partial charge in [-0.05, 0) is 42.8 Å². The molecule has 0 bridgehead atoms. The van der Waals surface area contributed by atoms with Crippen LogP contribution in [0.3, 0.4) is 0 Å². The van der Waals surface area contributed by atoms with Crippen molar-refractivity contribution in [3.63, 3.8) is 0 Å². The Hall–Kier alpha value is -2.00. The van der Waals surface area contributed by atoms with Gasteiger partial charge in [-0.2, -0.15) is 0 Å². The van der Waals surface area contributed by atoms with Gasteiger partial charge in [0.25, 0.3) is 15.9 Å². The smallest absolute Gasteiger partial charge is 0.268 e. The summed E-state index contributed by atoms with van der Waals surface area (Å²) in [6, 6.07) is 8.93. The first kappa shape index (κ1) is 20.3. The Labute approximate surface area is 161 Å². The Balaban J connectivity index is 2.67. The van der Waals surface area contributed by atoms with Gasteiger partial charge in [-0.3, -0.25) is 14.5 Å². The van der Waals surface area contributed by atoms with Crippen LogP contribution < -0.4 is 20.3 Å². The zero-order valence-electron chi connectivity index (χ0n) is 14.0. The molecule has 0 fully saturated rings. The molecule has 0 aliphatic heterocycles. The molecule has 2 aromatic carbocycles. The van der Waals surface area contributed by atoms with Crippen LogP contribution in [0.25, 0.3) is 0 Å². The minimum atomic E-state index is -4.18. The lowest BCUT2D eigenvalue weighted by atomic mass is 10.2. The van der Waals surface area contributed by atoms with Crippen molar-refractivity contribution in [3.8, 4) is 5.75 Å². The van der Waals surface area contributed by atoms with Crippen molar-refractivity contribution in [1.29, 1.82) is 0 Å². The molecule has 0 heterocycles. The van der Waals surface area contributed by atoms with E-state index < -0.39 is 22.5 Å². The predicted molar refractivity (Wildman–Crippen MR) is 101 cm³/mol. The number of hydrazine groups is 1. The number of nitrogens with two attached hydrogens (primary N) is 1. The monoisotopic (exact) mass is 417 g/mol. The van der Waals surface area contributed by atoms with Gasteiger partial charge in [0.15, 0.2) is 0 Å². The van der Waals surface area contributed by atoms with E-state index in [1.807, 2.05) is 5.43 Å². The Morgan fingerprint density at radius 3 is 2.35 bits per heavy atom. The Bertz CT molecular complexity index is 915. The third kappa shape index (κ3) is 4.39. The molecule has 7 nitrogen and oxygen atoms in total. The SMILES string of the molecule is COc1ccc(C)cc1S(=O)(=O)N(CC(=O)NN)c1cc(Cl)cc(Cl)c1. The molecule has 26 heavy (non-hydrogen) atoms. The maximum atomic E-state index is 13.3. The third-order valence-corrected chi connectivity index (χ3v) is 5.70. The summed E-state index contributed by atoms with van der Waals surface area (Å²) in [6.45, 7) is 1.18. The van der Waals surface area contributed by atoms with E-state index in [0.29, 0.717) is 5.56 Å². The molecule has 0 spiro atoms. The highest BCUT2D eigenvalue weighted by Gasteiger charge is 2.30. The van der Waals surface area contributed by atoms with Gasteiger partial charge in [0.05, 0.1) is 12.8 Å². The number of anilines is 1. The molecule has 0 aromatic heterocycles. The quantitative estimate of drug-likeness (QED) is 0.427. The summed E-state index contributed by atoms with van der Waals surface area (Å²) < 4.78 is 32.6. The van der Waals surface area contributed by atoms with E-state index in [0.717, 1.165) is 4.31 Å². The van der Waals surface area contributed by atoms with Gasteiger partial charge in [0.2, 0.25) is 0 Å². The van der Waals surface area contributed by atoms with Crippen molar-refractivity contribution in [3.05, 3.63) is 52.0 Å². The highest BCUT2D eigenvalue weighted by Crippen LogP contribution is 2.33. The van der Waals surface area contributed by atoms with E-state index in [4.69, 9.17) is 33.8 Å². The van der Waals surface area contributed by atoms with E-state index in [9.17, 15) is 13.2 Å². The highest BCUT2D eigenvalue weighted by atomic mass is 35.5. The summed E-state index contributed by atoms with van der Waals surface area (Å²) in [5.74, 6) is 4.55. The van der Waals surface area contributed by atoms with Gasteiger partial charge in [-0.15, -0.1) is 0 Å². The summed E-state index contributed by atoms with van der Waals surface area (Å²) in [4.78, 5) is 11.7. The molecule has 0 atom stereocenters. The number of rotatable bonds is 6. The van der Waals surface area contributed by atoms with E-state index in [1.165, 1.54) is 37.4 Å². The van der Waals surface area contributed by atoms with Gasteiger partial charge in [0, 0.05) is 10.0 Å². The molecule has 0 saturated heterocycles. The van der Waals surface area contributed by atoms with Gasteiger partial charge in [-0.25, -0.2) is 14.3 Å². The summed E-state index contributed by atoms with van der Waals surface area (Å²) >= 11 is 12.0. The molecule has 10 heteroatoms. The molecule has 0 aliphatic carbocycles. The normalized spacial score (nSPS) is 11.1. The van der Waals surface area contributed by atoms with Crippen LogP contribution in [0, 0.1) is 6.92 Å².